The number of rotatable bonds is 5. The van der Waals surface area contributed by atoms with E-state index in [9.17, 15) is 0 Å². The van der Waals surface area contributed by atoms with E-state index in [1.165, 1.54) is 0 Å². The van der Waals surface area contributed by atoms with Crippen LogP contribution in [0.5, 0.6) is 11.5 Å². The molecule has 0 saturated heterocycles. The van der Waals surface area contributed by atoms with Gasteiger partial charge in [-0.2, -0.15) is 0 Å². The Morgan fingerprint density at radius 3 is 2.67 bits per heavy atom. The highest BCUT2D eigenvalue weighted by molar-refractivity contribution is 5.76. The lowest BCUT2D eigenvalue weighted by atomic mass is 10.2. The smallest absolute Gasteiger partial charge is 0.196 e. The molecule has 1 heterocycles. The van der Waals surface area contributed by atoms with Gasteiger partial charge in [-0.05, 0) is 30.7 Å². The predicted octanol–water partition coefficient (Wildman–Crippen LogP) is 4.27. The summed E-state index contributed by atoms with van der Waals surface area (Å²) in [6.07, 6.45) is 0.971. The van der Waals surface area contributed by atoms with Crippen molar-refractivity contribution in [3.63, 3.8) is 0 Å². The van der Waals surface area contributed by atoms with Crippen LogP contribution in [0.2, 0.25) is 0 Å². The molecule has 0 N–H and O–H groups in total. The maximum absolute atomic E-state index is 5.83. The zero-order chi connectivity index (χ0) is 12.4. The van der Waals surface area contributed by atoms with Crippen molar-refractivity contribution < 1.29 is 9.57 Å². The van der Waals surface area contributed by atoms with Gasteiger partial charge in [0, 0.05) is 0 Å². The van der Waals surface area contributed by atoms with E-state index in [0.29, 0.717) is 6.61 Å². The Labute approximate surface area is 107 Å². The highest BCUT2D eigenvalue weighted by atomic mass is 16.7. The summed E-state index contributed by atoms with van der Waals surface area (Å²) in [6.45, 7) is 2.77. The van der Waals surface area contributed by atoms with Gasteiger partial charge in [-0.15, -0.1) is 0 Å². The van der Waals surface area contributed by atoms with Gasteiger partial charge in [-0.3, -0.25) is 4.84 Å². The molecule has 0 spiro atoms. The molecule has 0 amide bonds. The molecule has 0 aliphatic carbocycles. The Balaban J connectivity index is 1.94. The first-order chi connectivity index (χ1) is 8.90. The Hall–Kier alpha value is -2.00. The van der Waals surface area contributed by atoms with Crippen molar-refractivity contribution in [3.8, 4) is 11.5 Å². The monoisotopic (exact) mass is 241 g/mol. The van der Waals surface area contributed by atoms with E-state index in [1.807, 2.05) is 53.6 Å². The van der Waals surface area contributed by atoms with E-state index >= 15 is 0 Å². The highest BCUT2D eigenvalue weighted by Gasteiger charge is 2.28. The Kier molecular flexibility index (Phi) is 2.90. The minimum Gasteiger partial charge on any atom is -0.447 e. The van der Waals surface area contributed by atoms with Crippen molar-refractivity contribution in [3.05, 3.63) is 48.5 Å². The number of nitrogens with zero attached hydrogens (tertiary/aromatic N) is 1. The lowest BCUT2D eigenvalue weighted by molar-refractivity contribution is 0.136. The van der Waals surface area contributed by atoms with Gasteiger partial charge >= 0.3 is 0 Å². The fourth-order valence-corrected chi connectivity index (χ4v) is 1.86. The zero-order valence-corrected chi connectivity index (χ0v) is 10.3. The minimum absolute atomic E-state index is 0.679. The molecule has 18 heavy (non-hydrogen) atoms. The molecule has 0 unspecified atom stereocenters. The zero-order valence-electron chi connectivity index (χ0n) is 10.3. The molecular formula is C15H15NO2. The van der Waals surface area contributed by atoms with Crippen LogP contribution in [0.1, 0.15) is 13.3 Å². The average Bonchev–Trinajstić information content (AvgIpc) is 3.20. The lowest BCUT2D eigenvalue weighted by Crippen LogP contribution is -2.17. The van der Waals surface area contributed by atoms with Crippen LogP contribution in [-0.4, -0.2) is 6.61 Å². The molecular weight excluding hydrogens is 226 g/mol. The summed E-state index contributed by atoms with van der Waals surface area (Å²) in [5.41, 5.74) is 1.97. The van der Waals surface area contributed by atoms with Gasteiger partial charge in [-0.25, -0.2) is 5.06 Å². The van der Waals surface area contributed by atoms with Crippen LogP contribution in [0.25, 0.3) is 0 Å². The molecule has 2 aromatic carbocycles. The number of ether oxygens (including phenoxy) is 1. The summed E-state index contributed by atoms with van der Waals surface area (Å²) in [5.74, 6) is 1.85. The number of hydrogen-bond acceptors (Lipinski definition) is 3. The van der Waals surface area contributed by atoms with Crippen LogP contribution in [0.15, 0.2) is 48.5 Å². The van der Waals surface area contributed by atoms with Crippen molar-refractivity contribution in [1.82, 2.24) is 0 Å². The maximum Gasteiger partial charge on any atom is 0.196 e. The molecule has 3 heteroatoms. The summed E-state index contributed by atoms with van der Waals surface area (Å²) in [6, 6.07) is 16.0. The van der Waals surface area contributed by atoms with Crippen LogP contribution >= 0.6 is 0 Å². The van der Waals surface area contributed by atoms with Gasteiger partial charge in [0.1, 0.15) is 5.69 Å². The third-order valence-electron chi connectivity index (χ3n) is 2.76. The molecule has 0 aromatic heterocycles. The van der Waals surface area contributed by atoms with Crippen molar-refractivity contribution in [2.75, 3.05) is 11.7 Å². The number of para-hydroxylation sites is 2. The van der Waals surface area contributed by atoms with Gasteiger partial charge in [0.2, 0.25) is 0 Å². The van der Waals surface area contributed by atoms with E-state index in [0.717, 1.165) is 29.3 Å². The topological polar surface area (TPSA) is 25.0 Å². The largest absolute Gasteiger partial charge is 0.447 e. The van der Waals surface area contributed by atoms with E-state index in [4.69, 9.17) is 9.57 Å². The van der Waals surface area contributed by atoms with Crippen molar-refractivity contribution >= 4 is 11.4 Å². The second kappa shape index (κ2) is 4.70. The van der Waals surface area contributed by atoms with Crippen molar-refractivity contribution in [2.24, 2.45) is 0 Å². The summed E-state index contributed by atoms with van der Waals surface area (Å²) >= 11 is 0. The van der Waals surface area contributed by atoms with Gasteiger partial charge in [0.25, 0.3) is 0 Å². The normalized spacial score (nSPS) is 11.6. The fraction of sp³-hybridized carbons (Fsp3) is 0.200. The quantitative estimate of drug-likeness (QED) is 0.492. The lowest BCUT2D eigenvalue weighted by Gasteiger charge is -2.22. The molecule has 92 valence electrons. The third kappa shape index (κ3) is 2.05. The first-order valence-electron chi connectivity index (χ1n) is 6.19. The molecule has 0 saturated carbocycles. The highest BCUT2D eigenvalue weighted by Crippen LogP contribution is 2.53. The van der Waals surface area contributed by atoms with Crippen LogP contribution in [-0.2, 0) is 4.84 Å². The molecule has 0 fully saturated rings. The predicted molar refractivity (Wildman–Crippen MR) is 71.3 cm³/mol. The molecule has 3 rings (SSSR count). The Bertz CT molecular complexity index is 539. The molecule has 1 aliphatic rings. The Morgan fingerprint density at radius 1 is 1.06 bits per heavy atom. The molecule has 0 atom stereocenters. The summed E-state index contributed by atoms with van der Waals surface area (Å²) in [4.78, 5) is 5.83. The molecule has 3 nitrogen and oxygen atoms in total. The molecule has 1 aliphatic heterocycles. The Morgan fingerprint density at radius 2 is 1.89 bits per heavy atom. The number of hydrogen-bond donors (Lipinski definition) is 0. The van der Waals surface area contributed by atoms with E-state index in [2.05, 4.69) is 6.92 Å². The second-order valence-corrected chi connectivity index (χ2v) is 4.17. The number of benzene rings is 2. The fourth-order valence-electron chi connectivity index (χ4n) is 1.86. The first kappa shape index (κ1) is 11.1. The summed E-state index contributed by atoms with van der Waals surface area (Å²) < 4.78 is 5.43. The molecule has 0 radical (unpaired) electrons. The number of fused-ring (bicyclic) bond motifs is 1. The standard InChI is InChI=1S/C15H15NO2/c1-2-11-17-16(12-7-4-3-5-8-12)13-9-6-10-14-15(13)18-14/h3-10H,2,11H2,1H3. The van der Waals surface area contributed by atoms with Gasteiger partial charge in [-0.1, -0.05) is 31.2 Å². The van der Waals surface area contributed by atoms with Crippen LogP contribution in [0.3, 0.4) is 0 Å². The van der Waals surface area contributed by atoms with Gasteiger partial charge < -0.3 is 4.74 Å². The van der Waals surface area contributed by atoms with Crippen LogP contribution < -0.4 is 9.80 Å². The average molecular weight is 241 g/mol. The van der Waals surface area contributed by atoms with E-state index in [1.54, 1.807) is 0 Å². The minimum atomic E-state index is 0.679. The molecule has 0 bridgehead atoms. The molecule has 2 aromatic rings. The SMILES string of the molecule is CCCON(c1ccccc1)c1cccc2c1O2. The first-order valence-corrected chi connectivity index (χ1v) is 6.19. The number of anilines is 2. The van der Waals surface area contributed by atoms with E-state index < -0.39 is 0 Å². The van der Waals surface area contributed by atoms with Crippen molar-refractivity contribution in [1.29, 1.82) is 0 Å². The summed E-state index contributed by atoms with van der Waals surface area (Å²) in [7, 11) is 0. The van der Waals surface area contributed by atoms with Crippen LogP contribution in [0, 0.1) is 0 Å². The second-order valence-electron chi connectivity index (χ2n) is 4.17. The van der Waals surface area contributed by atoms with Crippen molar-refractivity contribution in [2.45, 2.75) is 13.3 Å². The maximum atomic E-state index is 5.83. The summed E-state index contributed by atoms with van der Waals surface area (Å²) in [5, 5.41) is 1.84. The third-order valence-corrected chi connectivity index (χ3v) is 2.76. The van der Waals surface area contributed by atoms with E-state index in [-0.39, 0.29) is 0 Å². The van der Waals surface area contributed by atoms with Gasteiger partial charge in [0.15, 0.2) is 11.5 Å². The van der Waals surface area contributed by atoms with Gasteiger partial charge in [0.05, 0.1) is 12.3 Å². The van der Waals surface area contributed by atoms with Crippen LogP contribution in [0.4, 0.5) is 11.4 Å².